The predicted molar refractivity (Wildman–Crippen MR) is 67.9 cm³/mol. The number of alkyl halides is 2. The number of hydrogen-bond donors (Lipinski definition) is 2. The summed E-state index contributed by atoms with van der Waals surface area (Å²) in [4.78, 5) is 4.18. The van der Waals surface area contributed by atoms with E-state index in [9.17, 15) is 8.78 Å². The molecule has 0 saturated carbocycles. The number of aromatic nitrogens is 2. The highest BCUT2D eigenvalue weighted by Gasteiger charge is 2.42. The van der Waals surface area contributed by atoms with Gasteiger partial charge < -0.3 is 10.3 Å². The molecular formula is C13H14F2N4O. The number of nitrogens with one attached hydrogen (secondary N) is 1. The lowest BCUT2D eigenvalue weighted by molar-refractivity contribution is 0.0200. The average molecular weight is 280 g/mol. The number of rotatable bonds is 3. The lowest BCUT2D eigenvalue weighted by Gasteiger charge is -2.04. The number of nitrogens with two attached hydrogens (primary N) is 1. The first-order valence-corrected chi connectivity index (χ1v) is 6.31. The molecule has 7 heteroatoms. The summed E-state index contributed by atoms with van der Waals surface area (Å²) in [7, 11) is 0. The highest BCUT2D eigenvalue weighted by molar-refractivity contribution is 5.54. The van der Waals surface area contributed by atoms with E-state index < -0.39 is 12.0 Å². The smallest absolute Gasteiger partial charge is 0.262 e. The van der Waals surface area contributed by atoms with Gasteiger partial charge in [-0.25, -0.2) is 8.78 Å². The van der Waals surface area contributed by atoms with Gasteiger partial charge in [-0.2, -0.15) is 4.98 Å². The normalized spacial score (nSPS) is 21.2. The molecule has 1 fully saturated rings. The lowest BCUT2D eigenvalue weighted by Crippen LogP contribution is -2.19. The van der Waals surface area contributed by atoms with Crippen LogP contribution in [0, 0.1) is 0 Å². The SMILES string of the molecule is NCc1ccc(-c2noc(C3CC(F)(F)CN3)n2)cc1. The van der Waals surface area contributed by atoms with Crippen LogP contribution in [0.1, 0.15) is 23.9 Å². The van der Waals surface area contributed by atoms with E-state index >= 15 is 0 Å². The van der Waals surface area contributed by atoms with Gasteiger partial charge in [-0.3, -0.25) is 5.32 Å². The van der Waals surface area contributed by atoms with E-state index in [4.69, 9.17) is 10.3 Å². The van der Waals surface area contributed by atoms with Gasteiger partial charge in [-0.05, 0) is 5.56 Å². The molecule has 3 rings (SSSR count). The van der Waals surface area contributed by atoms with Crippen LogP contribution in [-0.4, -0.2) is 22.6 Å². The highest BCUT2D eigenvalue weighted by Crippen LogP contribution is 2.33. The van der Waals surface area contributed by atoms with Gasteiger partial charge in [0.1, 0.15) is 0 Å². The number of benzene rings is 1. The van der Waals surface area contributed by atoms with E-state index in [1.54, 1.807) is 0 Å². The van der Waals surface area contributed by atoms with Gasteiger partial charge in [0.25, 0.3) is 5.92 Å². The van der Waals surface area contributed by atoms with Gasteiger partial charge >= 0.3 is 0 Å². The Hall–Kier alpha value is -1.86. The second-order valence-electron chi connectivity index (χ2n) is 4.85. The fraction of sp³-hybridized carbons (Fsp3) is 0.385. The molecule has 1 aromatic carbocycles. The molecule has 1 saturated heterocycles. The number of halogens is 2. The largest absolute Gasteiger partial charge is 0.337 e. The minimum Gasteiger partial charge on any atom is -0.337 e. The molecule has 1 aliphatic rings. The first-order chi connectivity index (χ1) is 9.57. The zero-order valence-corrected chi connectivity index (χ0v) is 10.6. The summed E-state index contributed by atoms with van der Waals surface area (Å²) < 4.78 is 31.3. The van der Waals surface area contributed by atoms with Gasteiger partial charge in [-0.1, -0.05) is 29.4 Å². The molecule has 0 radical (unpaired) electrons. The van der Waals surface area contributed by atoms with Crippen molar-refractivity contribution in [2.24, 2.45) is 5.73 Å². The van der Waals surface area contributed by atoms with E-state index in [2.05, 4.69) is 15.5 Å². The summed E-state index contributed by atoms with van der Waals surface area (Å²) in [6, 6.07) is 6.80. The van der Waals surface area contributed by atoms with Crippen LogP contribution in [0.5, 0.6) is 0 Å². The van der Waals surface area contributed by atoms with Crippen molar-refractivity contribution in [1.29, 1.82) is 0 Å². The Kier molecular flexibility index (Phi) is 3.23. The van der Waals surface area contributed by atoms with E-state index in [-0.39, 0.29) is 18.9 Å². The molecule has 20 heavy (non-hydrogen) atoms. The van der Waals surface area contributed by atoms with Crippen molar-refractivity contribution in [2.45, 2.75) is 24.9 Å². The number of hydrogen-bond acceptors (Lipinski definition) is 5. The van der Waals surface area contributed by atoms with Crippen LogP contribution in [0.15, 0.2) is 28.8 Å². The third-order valence-electron chi connectivity index (χ3n) is 3.30. The fourth-order valence-electron chi connectivity index (χ4n) is 2.17. The molecule has 0 amide bonds. The maximum Gasteiger partial charge on any atom is 0.262 e. The van der Waals surface area contributed by atoms with Crippen molar-refractivity contribution < 1.29 is 13.3 Å². The third kappa shape index (κ3) is 2.54. The van der Waals surface area contributed by atoms with Crippen molar-refractivity contribution in [2.75, 3.05) is 6.54 Å². The molecule has 0 bridgehead atoms. The van der Waals surface area contributed by atoms with Crippen molar-refractivity contribution >= 4 is 0 Å². The van der Waals surface area contributed by atoms with E-state index in [1.807, 2.05) is 24.3 Å². The van der Waals surface area contributed by atoms with Gasteiger partial charge in [0, 0.05) is 18.5 Å². The van der Waals surface area contributed by atoms with Crippen molar-refractivity contribution in [3.8, 4) is 11.4 Å². The molecule has 106 valence electrons. The zero-order valence-electron chi connectivity index (χ0n) is 10.6. The Labute approximate surface area is 114 Å². The average Bonchev–Trinajstić information content (AvgIpc) is 3.05. The summed E-state index contributed by atoms with van der Waals surface area (Å²) in [5.74, 6) is -2.14. The molecule has 1 aliphatic heterocycles. The second-order valence-corrected chi connectivity index (χ2v) is 4.85. The number of nitrogens with zero attached hydrogens (tertiary/aromatic N) is 2. The van der Waals surface area contributed by atoms with Gasteiger partial charge in [0.05, 0.1) is 12.6 Å². The molecule has 1 unspecified atom stereocenters. The molecule has 2 heterocycles. The Morgan fingerprint density at radius 1 is 1.35 bits per heavy atom. The fourth-order valence-corrected chi connectivity index (χ4v) is 2.17. The molecule has 3 N–H and O–H groups in total. The van der Waals surface area contributed by atoms with Crippen LogP contribution in [0.2, 0.25) is 0 Å². The molecule has 1 aromatic heterocycles. The van der Waals surface area contributed by atoms with Crippen LogP contribution in [0.4, 0.5) is 8.78 Å². The molecule has 0 spiro atoms. The first-order valence-electron chi connectivity index (χ1n) is 6.31. The topological polar surface area (TPSA) is 77.0 Å². The monoisotopic (exact) mass is 280 g/mol. The Balaban J connectivity index is 1.79. The summed E-state index contributed by atoms with van der Waals surface area (Å²) in [6.45, 7) is 0.0967. The second kappa shape index (κ2) is 4.92. The Bertz CT molecular complexity index is 597. The quantitative estimate of drug-likeness (QED) is 0.897. The van der Waals surface area contributed by atoms with E-state index in [0.717, 1.165) is 11.1 Å². The molecule has 1 atom stereocenters. The minimum absolute atomic E-state index is 0.195. The van der Waals surface area contributed by atoms with Crippen LogP contribution in [0.3, 0.4) is 0 Å². The Morgan fingerprint density at radius 2 is 2.10 bits per heavy atom. The summed E-state index contributed by atoms with van der Waals surface area (Å²) in [5.41, 5.74) is 7.28. The standard InChI is InChI=1S/C13H14F2N4O/c14-13(15)5-10(17-7-13)12-18-11(19-20-12)9-3-1-8(6-16)2-4-9/h1-4,10,17H,5-7,16H2. The van der Waals surface area contributed by atoms with E-state index in [0.29, 0.717) is 12.4 Å². The molecule has 0 aliphatic carbocycles. The highest BCUT2D eigenvalue weighted by atomic mass is 19.3. The molecular weight excluding hydrogens is 266 g/mol. The van der Waals surface area contributed by atoms with Crippen LogP contribution < -0.4 is 11.1 Å². The Morgan fingerprint density at radius 3 is 2.70 bits per heavy atom. The third-order valence-corrected chi connectivity index (χ3v) is 3.30. The summed E-state index contributed by atoms with van der Waals surface area (Å²) in [5, 5.41) is 6.52. The van der Waals surface area contributed by atoms with Crippen LogP contribution >= 0.6 is 0 Å². The summed E-state index contributed by atoms with van der Waals surface area (Å²) >= 11 is 0. The maximum atomic E-state index is 13.1. The van der Waals surface area contributed by atoms with Crippen molar-refractivity contribution in [3.63, 3.8) is 0 Å². The maximum absolute atomic E-state index is 13.1. The van der Waals surface area contributed by atoms with Gasteiger partial charge in [-0.15, -0.1) is 0 Å². The van der Waals surface area contributed by atoms with Gasteiger partial charge in [0.15, 0.2) is 0 Å². The first kappa shape index (κ1) is 13.1. The predicted octanol–water partition coefficient (Wildman–Crippen LogP) is 1.86. The van der Waals surface area contributed by atoms with Crippen molar-refractivity contribution in [3.05, 3.63) is 35.7 Å². The van der Waals surface area contributed by atoms with Crippen LogP contribution in [-0.2, 0) is 6.54 Å². The molecule has 5 nitrogen and oxygen atoms in total. The van der Waals surface area contributed by atoms with Gasteiger partial charge in [0.2, 0.25) is 11.7 Å². The lowest BCUT2D eigenvalue weighted by atomic mass is 10.1. The van der Waals surface area contributed by atoms with E-state index in [1.165, 1.54) is 0 Å². The van der Waals surface area contributed by atoms with Crippen molar-refractivity contribution in [1.82, 2.24) is 15.5 Å². The molecule has 2 aromatic rings. The zero-order chi connectivity index (χ0) is 14.2. The minimum atomic E-state index is -2.72. The van der Waals surface area contributed by atoms with Crippen LogP contribution in [0.25, 0.3) is 11.4 Å². The summed E-state index contributed by atoms with van der Waals surface area (Å²) in [6.07, 6.45) is -0.319.